The first-order valence-electron chi connectivity index (χ1n) is 8.38. The maximum atomic E-state index is 12.5. The molecule has 0 fully saturated rings. The zero-order valence-electron chi connectivity index (χ0n) is 15.0. The second-order valence-electron chi connectivity index (χ2n) is 6.22. The monoisotopic (exact) mass is 351 g/mol. The van der Waals surface area contributed by atoms with E-state index in [0.29, 0.717) is 10.9 Å². The third-order valence-corrected chi connectivity index (χ3v) is 4.28. The fraction of sp³-hybridized carbons (Fsp3) is 0.250. The zero-order valence-corrected chi connectivity index (χ0v) is 15.0. The first-order chi connectivity index (χ1) is 12.5. The van der Waals surface area contributed by atoms with Gasteiger partial charge in [-0.05, 0) is 32.0 Å². The van der Waals surface area contributed by atoms with Crippen LogP contribution < -0.4 is 15.5 Å². The quantitative estimate of drug-likeness (QED) is 0.767. The molecule has 0 spiro atoms. The van der Waals surface area contributed by atoms with E-state index in [1.165, 1.54) is 10.9 Å². The highest BCUT2D eigenvalue weighted by molar-refractivity contribution is 5.81. The van der Waals surface area contributed by atoms with Gasteiger partial charge in [0.2, 0.25) is 11.3 Å². The molecule has 0 bridgehead atoms. The van der Waals surface area contributed by atoms with Crippen LogP contribution in [0.25, 0.3) is 10.9 Å². The summed E-state index contributed by atoms with van der Waals surface area (Å²) in [5.74, 6) is 0.540. The Labute approximate surface area is 151 Å². The molecule has 134 valence electrons. The van der Waals surface area contributed by atoms with Crippen molar-refractivity contribution < 1.29 is 9.53 Å². The molecule has 1 aromatic heterocycles. The Bertz CT molecular complexity index is 1010. The molecule has 0 aliphatic carbocycles. The van der Waals surface area contributed by atoms with Gasteiger partial charge in [-0.3, -0.25) is 14.3 Å². The van der Waals surface area contributed by atoms with Crippen molar-refractivity contribution in [2.24, 2.45) is 0 Å². The van der Waals surface area contributed by atoms with E-state index < -0.39 is 0 Å². The van der Waals surface area contributed by atoms with E-state index in [1.807, 2.05) is 38.1 Å². The molecule has 3 rings (SSSR count). The number of para-hydroxylation sites is 1. The summed E-state index contributed by atoms with van der Waals surface area (Å²) in [4.78, 5) is 24.4. The maximum Gasteiger partial charge on any atom is 0.242 e. The van der Waals surface area contributed by atoms with Gasteiger partial charge in [0.15, 0.2) is 0 Å². The minimum absolute atomic E-state index is 0.0270. The highest BCUT2D eigenvalue weighted by atomic mass is 16.5. The Morgan fingerprint density at radius 2 is 2.04 bits per heavy atom. The average Bonchev–Trinajstić information content (AvgIpc) is 2.64. The molecule has 0 radical (unpaired) electrons. The van der Waals surface area contributed by atoms with Crippen LogP contribution in [0.5, 0.6) is 5.75 Å². The first kappa shape index (κ1) is 17.7. The Kier molecular flexibility index (Phi) is 5.02. The normalized spacial score (nSPS) is 12.0. The number of benzene rings is 2. The molecule has 1 amide bonds. The molecule has 1 heterocycles. The highest BCUT2D eigenvalue weighted by Crippen LogP contribution is 2.26. The molecule has 0 aliphatic rings. The fourth-order valence-electron chi connectivity index (χ4n) is 2.98. The summed E-state index contributed by atoms with van der Waals surface area (Å²) in [6.07, 6.45) is 1.24. The van der Waals surface area contributed by atoms with Crippen molar-refractivity contribution in [2.75, 3.05) is 7.11 Å². The summed E-state index contributed by atoms with van der Waals surface area (Å²) < 4.78 is 6.92. The van der Waals surface area contributed by atoms with Crippen LogP contribution in [0.1, 0.15) is 24.1 Å². The topological polar surface area (TPSA) is 73.2 Å². The second-order valence-corrected chi connectivity index (χ2v) is 6.22. The number of hydrogen-bond acceptors (Lipinski definition) is 4. The van der Waals surface area contributed by atoms with Gasteiger partial charge in [0.25, 0.3) is 0 Å². The van der Waals surface area contributed by atoms with E-state index in [9.17, 15) is 9.59 Å². The summed E-state index contributed by atoms with van der Waals surface area (Å²) in [6, 6.07) is 12.8. The van der Waals surface area contributed by atoms with Gasteiger partial charge in [0, 0.05) is 10.9 Å². The summed E-state index contributed by atoms with van der Waals surface area (Å²) >= 11 is 0. The lowest BCUT2D eigenvalue weighted by Crippen LogP contribution is -2.31. The predicted molar refractivity (Wildman–Crippen MR) is 100 cm³/mol. The van der Waals surface area contributed by atoms with Crippen LogP contribution in [0.15, 0.2) is 53.5 Å². The van der Waals surface area contributed by atoms with Crippen LogP contribution in [0.2, 0.25) is 0 Å². The van der Waals surface area contributed by atoms with E-state index in [1.54, 1.807) is 25.3 Å². The van der Waals surface area contributed by atoms with Crippen molar-refractivity contribution in [3.05, 3.63) is 70.0 Å². The number of amides is 1. The number of ether oxygens (including phenoxy) is 1. The smallest absolute Gasteiger partial charge is 0.242 e. The van der Waals surface area contributed by atoms with Crippen molar-refractivity contribution in [1.29, 1.82) is 0 Å². The lowest BCUT2D eigenvalue weighted by molar-refractivity contribution is -0.122. The van der Waals surface area contributed by atoms with Crippen LogP contribution in [-0.2, 0) is 11.3 Å². The number of aromatic nitrogens is 2. The van der Waals surface area contributed by atoms with E-state index in [0.717, 1.165) is 16.9 Å². The van der Waals surface area contributed by atoms with Gasteiger partial charge < -0.3 is 10.1 Å². The van der Waals surface area contributed by atoms with Gasteiger partial charge >= 0.3 is 0 Å². The molecule has 0 saturated carbocycles. The molecule has 2 aromatic carbocycles. The van der Waals surface area contributed by atoms with E-state index in [4.69, 9.17) is 4.74 Å². The van der Waals surface area contributed by atoms with E-state index >= 15 is 0 Å². The molecule has 26 heavy (non-hydrogen) atoms. The Balaban J connectivity index is 1.81. The number of fused-ring (bicyclic) bond motifs is 1. The number of carbonyl (C=O) groups is 1. The summed E-state index contributed by atoms with van der Waals surface area (Å²) in [7, 11) is 1.61. The molecule has 1 unspecified atom stereocenters. The number of carbonyl (C=O) groups excluding carboxylic acids is 1. The third kappa shape index (κ3) is 3.59. The van der Waals surface area contributed by atoms with Gasteiger partial charge in [0.05, 0.1) is 24.9 Å². The van der Waals surface area contributed by atoms with Crippen LogP contribution in [-0.4, -0.2) is 22.8 Å². The van der Waals surface area contributed by atoms with Gasteiger partial charge in [-0.1, -0.05) is 29.8 Å². The van der Waals surface area contributed by atoms with Crippen molar-refractivity contribution in [3.8, 4) is 5.75 Å². The SMILES string of the molecule is COc1ccc(C)cc1C(C)NC(=O)Cn1ncc(=O)c2ccccc21. The Hall–Kier alpha value is -3.15. The molecule has 0 aliphatic heterocycles. The minimum Gasteiger partial charge on any atom is -0.496 e. The molecular formula is C20H21N3O3. The van der Waals surface area contributed by atoms with E-state index in [2.05, 4.69) is 10.4 Å². The van der Waals surface area contributed by atoms with Gasteiger partial charge in [-0.2, -0.15) is 5.10 Å². The molecule has 6 heteroatoms. The van der Waals surface area contributed by atoms with Gasteiger partial charge in [-0.25, -0.2) is 0 Å². The third-order valence-electron chi connectivity index (χ3n) is 4.28. The lowest BCUT2D eigenvalue weighted by Gasteiger charge is -2.18. The van der Waals surface area contributed by atoms with E-state index in [-0.39, 0.29) is 23.9 Å². The Morgan fingerprint density at radius 1 is 1.27 bits per heavy atom. The highest BCUT2D eigenvalue weighted by Gasteiger charge is 2.15. The average molecular weight is 351 g/mol. The molecule has 0 saturated heterocycles. The van der Waals surface area contributed by atoms with Crippen LogP contribution in [0, 0.1) is 6.92 Å². The van der Waals surface area contributed by atoms with Crippen molar-refractivity contribution in [2.45, 2.75) is 26.4 Å². The number of aryl methyl sites for hydroxylation is 1. The van der Waals surface area contributed by atoms with Crippen molar-refractivity contribution in [3.63, 3.8) is 0 Å². The zero-order chi connectivity index (χ0) is 18.7. The minimum atomic E-state index is -0.219. The standard InChI is InChI=1S/C20H21N3O3/c1-13-8-9-19(26-3)16(10-13)14(2)22-20(25)12-23-17-7-5-4-6-15(17)18(24)11-21-23/h4-11,14H,12H2,1-3H3,(H,22,25). The van der Waals surface area contributed by atoms with Crippen LogP contribution in [0.3, 0.4) is 0 Å². The van der Waals surface area contributed by atoms with Crippen molar-refractivity contribution in [1.82, 2.24) is 15.1 Å². The molecular weight excluding hydrogens is 330 g/mol. The van der Waals surface area contributed by atoms with Crippen LogP contribution in [0.4, 0.5) is 0 Å². The summed E-state index contributed by atoms with van der Waals surface area (Å²) in [5, 5.41) is 7.61. The molecule has 1 atom stereocenters. The summed E-state index contributed by atoms with van der Waals surface area (Å²) in [6.45, 7) is 3.93. The first-order valence-corrected chi connectivity index (χ1v) is 8.38. The van der Waals surface area contributed by atoms with Gasteiger partial charge in [-0.15, -0.1) is 0 Å². The maximum absolute atomic E-state index is 12.5. The lowest BCUT2D eigenvalue weighted by atomic mass is 10.0. The number of methoxy groups -OCH3 is 1. The number of hydrogen-bond donors (Lipinski definition) is 1. The summed E-state index contributed by atoms with van der Waals surface area (Å²) in [5.41, 5.74) is 2.49. The van der Waals surface area contributed by atoms with Crippen LogP contribution >= 0.6 is 0 Å². The van der Waals surface area contributed by atoms with Gasteiger partial charge in [0.1, 0.15) is 12.3 Å². The molecule has 3 aromatic rings. The molecule has 6 nitrogen and oxygen atoms in total. The second kappa shape index (κ2) is 7.39. The number of nitrogens with zero attached hydrogens (tertiary/aromatic N) is 2. The molecule has 1 N–H and O–H groups in total. The van der Waals surface area contributed by atoms with Crippen molar-refractivity contribution >= 4 is 16.8 Å². The number of rotatable bonds is 5. The number of nitrogens with one attached hydrogen (secondary N) is 1. The largest absolute Gasteiger partial charge is 0.496 e. The Morgan fingerprint density at radius 3 is 2.81 bits per heavy atom. The fourth-order valence-corrected chi connectivity index (χ4v) is 2.98. The predicted octanol–water partition coefficient (Wildman–Crippen LogP) is 2.59.